The zero-order valence-corrected chi connectivity index (χ0v) is 15.5. The van der Waals surface area contributed by atoms with E-state index in [1.54, 1.807) is 0 Å². The van der Waals surface area contributed by atoms with Crippen LogP contribution < -0.4 is 5.32 Å². The summed E-state index contributed by atoms with van der Waals surface area (Å²) in [7, 11) is 0. The maximum Gasteiger partial charge on any atom is 0.230 e. The number of hydrogen-bond donors (Lipinski definition) is 1. The maximum absolute atomic E-state index is 13.0. The summed E-state index contributed by atoms with van der Waals surface area (Å²) in [4.78, 5) is 19.7. The Balaban J connectivity index is 1.38. The van der Waals surface area contributed by atoms with Crippen LogP contribution in [0.4, 0.5) is 0 Å². The topological polar surface area (TPSA) is 80.5 Å². The Hall–Kier alpha value is -1.73. The number of carbonyl (C=O) groups excluding carboxylic acids is 1. The van der Waals surface area contributed by atoms with Gasteiger partial charge in [-0.2, -0.15) is 4.98 Å². The fourth-order valence-corrected chi connectivity index (χ4v) is 4.41. The average Bonchev–Trinajstić information content (AvgIpc) is 3.35. The summed E-state index contributed by atoms with van der Waals surface area (Å²) in [6, 6.07) is 0. The van der Waals surface area contributed by atoms with E-state index in [2.05, 4.69) is 26.4 Å². The van der Waals surface area contributed by atoms with E-state index < -0.39 is 5.41 Å². The Morgan fingerprint density at radius 1 is 1.46 bits per heavy atom. The van der Waals surface area contributed by atoms with Crippen LogP contribution in [0.3, 0.4) is 0 Å². The van der Waals surface area contributed by atoms with E-state index in [-0.39, 0.29) is 11.8 Å². The number of likely N-dealkylation sites (tertiary alicyclic amines) is 1. The molecule has 2 fully saturated rings. The molecule has 7 heteroatoms. The van der Waals surface area contributed by atoms with Crippen LogP contribution in [0.2, 0.25) is 0 Å². The monoisotopic (exact) mass is 360 g/mol. The van der Waals surface area contributed by atoms with Crippen molar-refractivity contribution in [3.63, 3.8) is 0 Å². The first-order valence-electron chi connectivity index (χ1n) is 9.77. The molecule has 2 atom stereocenters. The minimum Gasteiger partial charge on any atom is -0.380 e. The predicted octanol–water partition coefficient (Wildman–Crippen LogP) is 1.70. The highest BCUT2D eigenvalue weighted by molar-refractivity contribution is 5.84. The van der Waals surface area contributed by atoms with Gasteiger partial charge in [0.05, 0.1) is 25.2 Å². The standard InChI is InChI=1S/C19H28N4O3/c1-2-17-21-16(22-26-17)10-23-9-15-11-25-13-19(15,12-23)18(24)20-8-14-6-4-3-5-7-14/h6,15H,2-5,7-13H2,1H3,(H,20,24)/t15-,19-/m1/s1. The lowest BCUT2D eigenvalue weighted by molar-refractivity contribution is -0.131. The van der Waals surface area contributed by atoms with Crippen molar-refractivity contribution in [1.29, 1.82) is 0 Å². The molecule has 1 N–H and O–H groups in total. The van der Waals surface area contributed by atoms with Gasteiger partial charge < -0.3 is 14.6 Å². The lowest BCUT2D eigenvalue weighted by atomic mass is 9.80. The van der Waals surface area contributed by atoms with Crippen molar-refractivity contribution < 1.29 is 14.1 Å². The zero-order valence-electron chi connectivity index (χ0n) is 15.5. The van der Waals surface area contributed by atoms with Gasteiger partial charge in [-0.15, -0.1) is 0 Å². The number of rotatable bonds is 6. The van der Waals surface area contributed by atoms with E-state index in [1.165, 1.54) is 18.4 Å². The van der Waals surface area contributed by atoms with Gasteiger partial charge in [0, 0.05) is 32.0 Å². The predicted molar refractivity (Wildman–Crippen MR) is 95.3 cm³/mol. The summed E-state index contributed by atoms with van der Waals surface area (Å²) in [5.41, 5.74) is 0.928. The van der Waals surface area contributed by atoms with Crippen molar-refractivity contribution >= 4 is 5.91 Å². The highest BCUT2D eigenvalue weighted by Gasteiger charge is 2.55. The van der Waals surface area contributed by atoms with E-state index in [0.29, 0.717) is 44.6 Å². The molecule has 0 unspecified atom stereocenters. The smallest absolute Gasteiger partial charge is 0.230 e. The van der Waals surface area contributed by atoms with Gasteiger partial charge >= 0.3 is 0 Å². The minimum atomic E-state index is -0.438. The van der Waals surface area contributed by atoms with E-state index in [4.69, 9.17) is 9.26 Å². The molecule has 4 rings (SSSR count). The van der Waals surface area contributed by atoms with Gasteiger partial charge in [0.15, 0.2) is 5.82 Å². The fraction of sp³-hybridized carbons (Fsp3) is 0.737. The molecule has 7 nitrogen and oxygen atoms in total. The van der Waals surface area contributed by atoms with Crippen LogP contribution in [0.15, 0.2) is 16.2 Å². The zero-order chi connectivity index (χ0) is 18.0. The SMILES string of the molecule is CCc1nc(CN2C[C@@H]3COC[C@]3(C(=O)NCC3=CCCCC3)C2)no1. The Morgan fingerprint density at radius 3 is 3.15 bits per heavy atom. The largest absolute Gasteiger partial charge is 0.380 e. The summed E-state index contributed by atoms with van der Waals surface area (Å²) in [5.74, 6) is 1.73. The Bertz CT molecular complexity index is 686. The first-order valence-corrected chi connectivity index (χ1v) is 9.77. The molecule has 0 aromatic carbocycles. The van der Waals surface area contributed by atoms with Crippen LogP contribution in [0.5, 0.6) is 0 Å². The van der Waals surface area contributed by atoms with Gasteiger partial charge in [-0.1, -0.05) is 23.7 Å². The number of amides is 1. The summed E-state index contributed by atoms with van der Waals surface area (Å²) in [5, 5.41) is 7.23. The number of nitrogens with one attached hydrogen (secondary N) is 1. The normalized spacial score (nSPS) is 28.8. The van der Waals surface area contributed by atoms with Crippen LogP contribution in [-0.4, -0.2) is 53.8 Å². The molecule has 3 heterocycles. The van der Waals surface area contributed by atoms with Crippen LogP contribution in [0, 0.1) is 11.3 Å². The molecule has 1 aliphatic carbocycles. The number of allylic oxidation sites excluding steroid dienone is 1. The number of nitrogens with zero attached hydrogens (tertiary/aromatic N) is 3. The molecule has 3 aliphatic rings. The minimum absolute atomic E-state index is 0.135. The molecular formula is C19H28N4O3. The summed E-state index contributed by atoms with van der Waals surface area (Å²) >= 11 is 0. The van der Waals surface area contributed by atoms with Gasteiger partial charge in [0.25, 0.3) is 0 Å². The van der Waals surface area contributed by atoms with Crippen LogP contribution in [0.1, 0.15) is 44.3 Å². The molecule has 142 valence electrons. The highest BCUT2D eigenvalue weighted by atomic mass is 16.5. The third-order valence-electron chi connectivity index (χ3n) is 5.94. The number of fused-ring (bicyclic) bond motifs is 1. The molecule has 26 heavy (non-hydrogen) atoms. The molecule has 1 aromatic rings. The van der Waals surface area contributed by atoms with Gasteiger partial charge in [-0.05, 0) is 25.7 Å². The van der Waals surface area contributed by atoms with Gasteiger partial charge in [-0.3, -0.25) is 9.69 Å². The van der Waals surface area contributed by atoms with E-state index in [0.717, 1.165) is 25.8 Å². The third kappa shape index (κ3) is 3.42. The number of hydrogen-bond acceptors (Lipinski definition) is 6. The fourth-order valence-electron chi connectivity index (χ4n) is 4.41. The van der Waals surface area contributed by atoms with E-state index >= 15 is 0 Å². The number of ether oxygens (including phenoxy) is 1. The van der Waals surface area contributed by atoms with Gasteiger partial charge in [0.2, 0.25) is 11.8 Å². The van der Waals surface area contributed by atoms with Crippen molar-refractivity contribution in [1.82, 2.24) is 20.4 Å². The molecule has 1 amide bonds. The molecule has 1 aromatic heterocycles. The molecule has 2 saturated heterocycles. The van der Waals surface area contributed by atoms with Crippen LogP contribution >= 0.6 is 0 Å². The molecule has 0 spiro atoms. The van der Waals surface area contributed by atoms with Crippen molar-refractivity contribution in [3.8, 4) is 0 Å². The molecule has 2 aliphatic heterocycles. The highest BCUT2D eigenvalue weighted by Crippen LogP contribution is 2.42. The number of aromatic nitrogens is 2. The van der Waals surface area contributed by atoms with Gasteiger partial charge in [-0.25, -0.2) is 0 Å². The van der Waals surface area contributed by atoms with Gasteiger partial charge in [0.1, 0.15) is 0 Å². The molecule has 0 saturated carbocycles. The van der Waals surface area contributed by atoms with Crippen LogP contribution in [-0.2, 0) is 22.5 Å². The van der Waals surface area contributed by atoms with Crippen LogP contribution in [0.25, 0.3) is 0 Å². The Kier molecular flexibility index (Phi) is 5.09. The lowest BCUT2D eigenvalue weighted by Crippen LogP contribution is -2.47. The second-order valence-electron chi connectivity index (χ2n) is 7.79. The molecular weight excluding hydrogens is 332 g/mol. The summed E-state index contributed by atoms with van der Waals surface area (Å²) < 4.78 is 10.9. The molecule has 0 radical (unpaired) electrons. The van der Waals surface area contributed by atoms with Crippen molar-refractivity contribution in [2.45, 2.75) is 45.6 Å². The Labute approximate surface area is 154 Å². The Morgan fingerprint density at radius 2 is 2.38 bits per heavy atom. The summed E-state index contributed by atoms with van der Waals surface area (Å²) in [6.45, 7) is 5.99. The maximum atomic E-state index is 13.0. The first-order chi connectivity index (χ1) is 12.7. The second kappa shape index (κ2) is 7.48. The summed E-state index contributed by atoms with van der Waals surface area (Å²) in [6.07, 6.45) is 7.77. The first kappa shape index (κ1) is 17.7. The quantitative estimate of drug-likeness (QED) is 0.778. The number of aryl methyl sites for hydroxylation is 1. The second-order valence-corrected chi connectivity index (χ2v) is 7.79. The third-order valence-corrected chi connectivity index (χ3v) is 5.94. The van der Waals surface area contributed by atoms with Crippen molar-refractivity contribution in [2.75, 3.05) is 32.8 Å². The number of carbonyl (C=O) groups is 1. The van der Waals surface area contributed by atoms with E-state index in [1.807, 2.05) is 6.92 Å². The lowest BCUT2D eigenvalue weighted by Gasteiger charge is -2.26. The molecule has 0 bridgehead atoms. The van der Waals surface area contributed by atoms with Crippen molar-refractivity contribution in [2.24, 2.45) is 11.3 Å². The average molecular weight is 360 g/mol. The van der Waals surface area contributed by atoms with Crippen molar-refractivity contribution in [3.05, 3.63) is 23.4 Å². The van der Waals surface area contributed by atoms with E-state index in [9.17, 15) is 4.79 Å².